The molecule has 0 radical (unpaired) electrons. The zero-order valence-electron chi connectivity index (χ0n) is 6.90. The third-order valence-corrected chi connectivity index (χ3v) is 0.621. The Morgan fingerprint density at radius 1 is 1.50 bits per heavy atom. The maximum absolute atomic E-state index is 10.5. The van der Waals surface area contributed by atoms with Gasteiger partial charge < -0.3 is 5.32 Å². The van der Waals surface area contributed by atoms with Crippen molar-refractivity contribution in [3.63, 3.8) is 0 Å². The van der Waals surface area contributed by atoms with Crippen LogP contribution in [0.2, 0.25) is 0 Å². The van der Waals surface area contributed by atoms with Crippen molar-refractivity contribution in [1.82, 2.24) is 5.32 Å². The van der Waals surface area contributed by atoms with Gasteiger partial charge in [0.05, 0.1) is 0 Å². The molecule has 2 nitrogen and oxygen atoms in total. The van der Waals surface area contributed by atoms with Crippen LogP contribution in [0.5, 0.6) is 0 Å². The van der Waals surface area contributed by atoms with Gasteiger partial charge in [-0.1, -0.05) is 27.0 Å². The molecule has 0 atom stereocenters. The van der Waals surface area contributed by atoms with Crippen LogP contribution in [0, 0.1) is 0 Å². The predicted octanol–water partition coefficient (Wildman–Crippen LogP) is 1.85. The summed E-state index contributed by atoms with van der Waals surface area (Å²) in [5.74, 6) is -0.181. The molecule has 0 saturated carbocycles. The average Bonchev–Trinajstić information content (AvgIpc) is 1.93. The van der Waals surface area contributed by atoms with Gasteiger partial charge >= 0.3 is 0 Å². The van der Waals surface area contributed by atoms with Crippen molar-refractivity contribution in [3.8, 4) is 0 Å². The van der Waals surface area contributed by atoms with E-state index in [0.717, 1.165) is 0 Å². The van der Waals surface area contributed by atoms with E-state index in [9.17, 15) is 4.79 Å². The Kier molecular flexibility index (Phi) is 9.31. The first kappa shape index (κ1) is 11.7. The molecule has 10 heavy (non-hydrogen) atoms. The molecule has 0 aliphatic heterocycles. The molecule has 2 heteroatoms. The van der Waals surface area contributed by atoms with E-state index in [2.05, 4.69) is 18.5 Å². The number of amides is 1. The largest absolute Gasteiger partial charge is 0.330 e. The Bertz CT molecular complexity index is 127. The summed E-state index contributed by atoms with van der Waals surface area (Å²) in [6.07, 6.45) is 1.33. The molecule has 0 spiro atoms. The highest BCUT2D eigenvalue weighted by atomic mass is 16.1. The van der Waals surface area contributed by atoms with Gasteiger partial charge in [-0.3, -0.25) is 4.79 Å². The summed E-state index contributed by atoms with van der Waals surface area (Å²) in [5.41, 5.74) is 0.491. The average molecular weight is 141 g/mol. The summed E-state index contributed by atoms with van der Waals surface area (Å²) in [4.78, 5) is 10.5. The van der Waals surface area contributed by atoms with Crippen molar-refractivity contribution in [2.45, 2.75) is 20.8 Å². The summed E-state index contributed by atoms with van der Waals surface area (Å²) in [6, 6.07) is 0. The molecular weight excluding hydrogens is 126 g/mol. The molecular formula is C8H15NO. The van der Waals surface area contributed by atoms with E-state index < -0.39 is 0 Å². The Balaban J connectivity index is 0. The maximum Gasteiger partial charge on any atom is 0.250 e. The molecule has 1 amide bonds. The summed E-state index contributed by atoms with van der Waals surface area (Å²) >= 11 is 0. The molecule has 0 aliphatic rings. The minimum absolute atomic E-state index is 0.181. The lowest BCUT2D eigenvalue weighted by atomic mass is 10.3. The van der Waals surface area contributed by atoms with E-state index in [1.54, 1.807) is 6.92 Å². The van der Waals surface area contributed by atoms with Crippen LogP contribution in [0.1, 0.15) is 20.8 Å². The van der Waals surface area contributed by atoms with Crippen LogP contribution in [0.15, 0.2) is 24.9 Å². The van der Waals surface area contributed by atoms with E-state index in [1.807, 2.05) is 13.8 Å². The second kappa shape index (κ2) is 7.95. The fourth-order valence-electron chi connectivity index (χ4n) is 0.216. The standard InChI is InChI=1S/C6H9NO.C2H6/c1-4-7-6(8)5(2)3;1-2/h4H,1-2H2,3H3,(H,7,8);1-2H3. The van der Waals surface area contributed by atoms with Gasteiger partial charge in [0.25, 0.3) is 0 Å². The van der Waals surface area contributed by atoms with Gasteiger partial charge in [-0.25, -0.2) is 0 Å². The summed E-state index contributed by atoms with van der Waals surface area (Å²) in [6.45, 7) is 12.4. The van der Waals surface area contributed by atoms with E-state index in [1.165, 1.54) is 6.20 Å². The van der Waals surface area contributed by atoms with Gasteiger partial charge in [0.15, 0.2) is 0 Å². The maximum atomic E-state index is 10.5. The Hall–Kier alpha value is -1.05. The van der Waals surface area contributed by atoms with Gasteiger partial charge in [-0.05, 0) is 13.1 Å². The van der Waals surface area contributed by atoms with Crippen molar-refractivity contribution in [2.75, 3.05) is 0 Å². The third-order valence-electron chi connectivity index (χ3n) is 0.621. The molecule has 0 aromatic rings. The van der Waals surface area contributed by atoms with Crippen LogP contribution >= 0.6 is 0 Å². The highest BCUT2D eigenvalue weighted by molar-refractivity contribution is 5.92. The second-order valence-corrected chi connectivity index (χ2v) is 1.46. The highest BCUT2D eigenvalue weighted by Crippen LogP contribution is 1.83. The van der Waals surface area contributed by atoms with E-state index in [-0.39, 0.29) is 5.91 Å². The number of hydrogen-bond donors (Lipinski definition) is 1. The zero-order valence-corrected chi connectivity index (χ0v) is 6.90. The van der Waals surface area contributed by atoms with Crippen molar-refractivity contribution in [3.05, 3.63) is 24.9 Å². The first-order valence-corrected chi connectivity index (χ1v) is 3.25. The molecule has 0 aromatic carbocycles. The minimum atomic E-state index is -0.181. The molecule has 0 fully saturated rings. The Labute approximate surface area is 62.6 Å². The lowest BCUT2D eigenvalue weighted by Crippen LogP contribution is -2.16. The summed E-state index contributed by atoms with van der Waals surface area (Å²) in [7, 11) is 0. The molecule has 0 rings (SSSR count). The Morgan fingerprint density at radius 2 is 1.90 bits per heavy atom. The van der Waals surface area contributed by atoms with Gasteiger partial charge in [-0.15, -0.1) is 0 Å². The molecule has 0 bridgehead atoms. The van der Waals surface area contributed by atoms with Crippen LogP contribution in [0.25, 0.3) is 0 Å². The van der Waals surface area contributed by atoms with Crippen LogP contribution in [-0.2, 0) is 4.79 Å². The van der Waals surface area contributed by atoms with Crippen molar-refractivity contribution < 1.29 is 4.79 Å². The van der Waals surface area contributed by atoms with Crippen molar-refractivity contribution >= 4 is 5.91 Å². The topological polar surface area (TPSA) is 29.1 Å². The molecule has 0 saturated heterocycles. The lowest BCUT2D eigenvalue weighted by Gasteiger charge is -1.93. The molecule has 0 heterocycles. The zero-order chi connectivity index (χ0) is 8.57. The first-order chi connectivity index (χ1) is 4.68. The van der Waals surface area contributed by atoms with E-state index in [4.69, 9.17) is 0 Å². The van der Waals surface area contributed by atoms with Crippen LogP contribution in [0.3, 0.4) is 0 Å². The van der Waals surface area contributed by atoms with Gasteiger partial charge in [-0.2, -0.15) is 0 Å². The third kappa shape index (κ3) is 6.95. The second-order valence-electron chi connectivity index (χ2n) is 1.46. The minimum Gasteiger partial charge on any atom is -0.330 e. The number of nitrogens with one attached hydrogen (secondary N) is 1. The van der Waals surface area contributed by atoms with E-state index in [0.29, 0.717) is 5.57 Å². The molecule has 1 N–H and O–H groups in total. The monoisotopic (exact) mass is 141 g/mol. The smallest absolute Gasteiger partial charge is 0.250 e. The van der Waals surface area contributed by atoms with Gasteiger partial charge in [0, 0.05) is 5.57 Å². The van der Waals surface area contributed by atoms with Crippen LogP contribution in [0.4, 0.5) is 0 Å². The molecule has 58 valence electrons. The van der Waals surface area contributed by atoms with E-state index >= 15 is 0 Å². The molecule has 0 aromatic heterocycles. The Morgan fingerprint density at radius 3 is 2.00 bits per heavy atom. The van der Waals surface area contributed by atoms with Crippen molar-refractivity contribution in [1.29, 1.82) is 0 Å². The summed E-state index contributed by atoms with van der Waals surface area (Å²) < 4.78 is 0. The first-order valence-electron chi connectivity index (χ1n) is 3.25. The fourth-order valence-corrected chi connectivity index (χ4v) is 0.216. The quantitative estimate of drug-likeness (QED) is 0.584. The van der Waals surface area contributed by atoms with Gasteiger partial charge in [0.2, 0.25) is 5.91 Å². The molecule has 0 aliphatic carbocycles. The summed E-state index contributed by atoms with van der Waals surface area (Å²) in [5, 5.41) is 2.37. The van der Waals surface area contributed by atoms with Crippen LogP contribution < -0.4 is 5.32 Å². The lowest BCUT2D eigenvalue weighted by molar-refractivity contribution is -0.116. The van der Waals surface area contributed by atoms with Crippen molar-refractivity contribution in [2.24, 2.45) is 0 Å². The number of carbonyl (C=O) groups is 1. The number of rotatable bonds is 2. The normalized spacial score (nSPS) is 6.70. The SMILES string of the molecule is C=CNC(=O)C(=C)C.CC. The van der Waals surface area contributed by atoms with Crippen LogP contribution in [-0.4, -0.2) is 5.91 Å². The fraction of sp³-hybridized carbons (Fsp3) is 0.375. The number of hydrogen-bond acceptors (Lipinski definition) is 1. The molecule has 0 unspecified atom stereocenters. The predicted molar refractivity (Wildman–Crippen MR) is 44.5 cm³/mol. The number of carbonyl (C=O) groups excluding carboxylic acids is 1. The van der Waals surface area contributed by atoms with Gasteiger partial charge in [0.1, 0.15) is 0 Å². The highest BCUT2D eigenvalue weighted by Gasteiger charge is 1.93.